The van der Waals surface area contributed by atoms with Gasteiger partial charge in [-0.05, 0) is 50.4 Å². The molecule has 0 spiro atoms. The van der Waals surface area contributed by atoms with Crippen molar-refractivity contribution in [3.8, 4) is 0 Å². The molecule has 1 unspecified atom stereocenters. The summed E-state index contributed by atoms with van der Waals surface area (Å²) in [5, 5.41) is 0. The second kappa shape index (κ2) is 10.1. The zero-order chi connectivity index (χ0) is 18.2. The Morgan fingerprint density at radius 1 is 1.00 bits per heavy atom. The summed E-state index contributed by atoms with van der Waals surface area (Å²) in [4.78, 5) is 19.5. The van der Waals surface area contributed by atoms with E-state index in [4.69, 9.17) is 0 Å². The number of carbonyl (C=O) groups excluding carboxylic acids is 1. The van der Waals surface area contributed by atoms with Gasteiger partial charge in [-0.2, -0.15) is 0 Å². The zero-order valence-electron chi connectivity index (χ0n) is 16.4. The topological polar surface area (TPSA) is 26.8 Å². The Labute approximate surface area is 159 Å². The minimum Gasteiger partial charge on any atom is -0.344 e. The van der Waals surface area contributed by atoms with E-state index in [-0.39, 0.29) is 0 Å². The van der Waals surface area contributed by atoms with Crippen molar-refractivity contribution in [2.45, 2.75) is 45.1 Å². The number of likely N-dealkylation sites (N-methyl/N-ethyl adjacent to an activating group) is 1. The minimum atomic E-state index is 0.298. The number of likely N-dealkylation sites (tertiary alicyclic amines) is 2. The Morgan fingerprint density at radius 3 is 2.42 bits per heavy atom. The van der Waals surface area contributed by atoms with Crippen molar-refractivity contribution >= 4 is 5.91 Å². The molecule has 2 fully saturated rings. The highest BCUT2D eigenvalue weighted by atomic mass is 16.2. The number of nitrogens with zero attached hydrogens (tertiary/aromatic N) is 3. The fourth-order valence-corrected chi connectivity index (χ4v) is 4.32. The van der Waals surface area contributed by atoms with Gasteiger partial charge in [0.25, 0.3) is 0 Å². The molecule has 26 heavy (non-hydrogen) atoms. The average molecular weight is 358 g/mol. The lowest BCUT2D eigenvalue weighted by molar-refractivity contribution is -0.131. The molecule has 1 aromatic rings. The molecule has 1 amide bonds. The first-order valence-electron chi connectivity index (χ1n) is 10.4. The van der Waals surface area contributed by atoms with Crippen molar-refractivity contribution in [2.75, 3.05) is 46.3 Å². The fraction of sp³-hybridized carbons (Fsp3) is 0.682. The van der Waals surface area contributed by atoms with Gasteiger partial charge in [-0.1, -0.05) is 49.6 Å². The van der Waals surface area contributed by atoms with Gasteiger partial charge in [-0.3, -0.25) is 14.6 Å². The van der Waals surface area contributed by atoms with Gasteiger partial charge >= 0.3 is 0 Å². The van der Waals surface area contributed by atoms with E-state index in [0.29, 0.717) is 18.4 Å². The summed E-state index contributed by atoms with van der Waals surface area (Å²) < 4.78 is 0. The van der Waals surface area contributed by atoms with E-state index in [1.165, 1.54) is 44.1 Å². The monoisotopic (exact) mass is 357 g/mol. The van der Waals surface area contributed by atoms with Gasteiger partial charge in [-0.25, -0.2) is 0 Å². The van der Waals surface area contributed by atoms with Gasteiger partial charge in [0.1, 0.15) is 0 Å². The molecule has 0 aromatic heterocycles. The zero-order valence-corrected chi connectivity index (χ0v) is 16.4. The Kier molecular flexibility index (Phi) is 7.51. The summed E-state index contributed by atoms with van der Waals surface area (Å²) in [5.74, 6) is 0.909. The van der Waals surface area contributed by atoms with Gasteiger partial charge < -0.3 is 4.90 Å². The van der Waals surface area contributed by atoms with Crippen LogP contribution in [0.5, 0.6) is 0 Å². The SMILES string of the molecule is CN(CC1CCN(Cc2ccccc2)C1)C(=O)CN1CCCCCCC1. The molecular formula is C22H35N3O. The normalized spacial score (nSPS) is 22.7. The third-order valence-electron chi connectivity index (χ3n) is 5.88. The first kappa shape index (κ1) is 19.4. The molecular weight excluding hydrogens is 322 g/mol. The number of amides is 1. The van der Waals surface area contributed by atoms with Gasteiger partial charge in [0.05, 0.1) is 6.54 Å². The van der Waals surface area contributed by atoms with E-state index in [1.807, 2.05) is 11.9 Å². The van der Waals surface area contributed by atoms with E-state index in [0.717, 1.165) is 39.3 Å². The number of hydrogen-bond acceptors (Lipinski definition) is 3. The van der Waals surface area contributed by atoms with Gasteiger partial charge in [0, 0.05) is 26.7 Å². The summed E-state index contributed by atoms with van der Waals surface area (Å²) in [6.07, 6.45) is 7.69. The van der Waals surface area contributed by atoms with Crippen LogP contribution in [0.2, 0.25) is 0 Å². The molecule has 0 saturated carbocycles. The summed E-state index contributed by atoms with van der Waals surface area (Å²) in [6.45, 7) is 6.98. The summed E-state index contributed by atoms with van der Waals surface area (Å²) in [6, 6.07) is 10.7. The van der Waals surface area contributed by atoms with Crippen LogP contribution in [0.15, 0.2) is 30.3 Å². The first-order valence-corrected chi connectivity index (χ1v) is 10.4. The van der Waals surface area contributed by atoms with Crippen LogP contribution in [0.3, 0.4) is 0 Å². The van der Waals surface area contributed by atoms with Crippen LogP contribution in [0.4, 0.5) is 0 Å². The molecule has 4 nitrogen and oxygen atoms in total. The smallest absolute Gasteiger partial charge is 0.236 e. The van der Waals surface area contributed by atoms with Crippen molar-refractivity contribution in [1.82, 2.24) is 14.7 Å². The van der Waals surface area contributed by atoms with E-state index < -0.39 is 0 Å². The summed E-state index contributed by atoms with van der Waals surface area (Å²) in [7, 11) is 1.99. The predicted molar refractivity (Wildman–Crippen MR) is 107 cm³/mol. The maximum absolute atomic E-state index is 12.6. The van der Waals surface area contributed by atoms with Crippen LogP contribution < -0.4 is 0 Å². The highest BCUT2D eigenvalue weighted by molar-refractivity contribution is 5.78. The molecule has 1 atom stereocenters. The van der Waals surface area contributed by atoms with Crippen molar-refractivity contribution in [2.24, 2.45) is 5.92 Å². The van der Waals surface area contributed by atoms with Crippen LogP contribution in [-0.4, -0.2) is 66.9 Å². The van der Waals surface area contributed by atoms with Crippen LogP contribution in [0, 0.1) is 5.92 Å². The lowest BCUT2D eigenvalue weighted by Gasteiger charge is -2.27. The third-order valence-corrected chi connectivity index (χ3v) is 5.88. The van der Waals surface area contributed by atoms with Gasteiger partial charge in [0.2, 0.25) is 5.91 Å². The van der Waals surface area contributed by atoms with Crippen LogP contribution in [-0.2, 0) is 11.3 Å². The maximum atomic E-state index is 12.6. The Bertz CT molecular complexity index is 540. The quantitative estimate of drug-likeness (QED) is 0.782. The number of hydrogen-bond donors (Lipinski definition) is 0. The molecule has 144 valence electrons. The summed E-state index contributed by atoms with van der Waals surface area (Å²) >= 11 is 0. The van der Waals surface area contributed by atoms with Crippen LogP contribution in [0.25, 0.3) is 0 Å². The molecule has 4 heteroatoms. The highest BCUT2D eigenvalue weighted by Gasteiger charge is 2.25. The van der Waals surface area contributed by atoms with E-state index in [9.17, 15) is 4.79 Å². The lowest BCUT2D eigenvalue weighted by atomic mass is 10.1. The molecule has 1 aromatic carbocycles. The van der Waals surface area contributed by atoms with Crippen LogP contribution >= 0.6 is 0 Å². The standard InChI is InChI=1S/C22H35N3O/c1-23(22(26)19-24-13-8-3-2-4-9-14-24)16-21-12-15-25(18-21)17-20-10-6-5-7-11-20/h5-7,10-11,21H,2-4,8-9,12-19H2,1H3. The lowest BCUT2D eigenvalue weighted by Crippen LogP contribution is -2.41. The summed E-state index contributed by atoms with van der Waals surface area (Å²) in [5.41, 5.74) is 1.38. The number of rotatable bonds is 6. The van der Waals surface area contributed by atoms with E-state index >= 15 is 0 Å². The van der Waals surface area contributed by atoms with Crippen molar-refractivity contribution in [3.05, 3.63) is 35.9 Å². The van der Waals surface area contributed by atoms with Crippen LogP contribution in [0.1, 0.15) is 44.1 Å². The molecule has 2 aliphatic heterocycles. The first-order chi connectivity index (χ1) is 12.7. The molecule has 0 N–H and O–H groups in total. The predicted octanol–water partition coefficient (Wildman–Crippen LogP) is 3.23. The molecule has 2 heterocycles. The van der Waals surface area contributed by atoms with E-state index in [2.05, 4.69) is 40.1 Å². The molecule has 2 saturated heterocycles. The number of carbonyl (C=O) groups is 1. The van der Waals surface area contributed by atoms with Crippen molar-refractivity contribution < 1.29 is 4.79 Å². The third kappa shape index (κ3) is 6.10. The van der Waals surface area contributed by atoms with Gasteiger partial charge in [-0.15, -0.1) is 0 Å². The Balaban J connectivity index is 1.40. The minimum absolute atomic E-state index is 0.298. The second-order valence-electron chi connectivity index (χ2n) is 8.19. The molecule has 3 rings (SSSR count). The average Bonchev–Trinajstić information content (AvgIpc) is 3.04. The molecule has 0 aliphatic carbocycles. The number of benzene rings is 1. The molecule has 0 radical (unpaired) electrons. The Hall–Kier alpha value is -1.39. The van der Waals surface area contributed by atoms with Crippen molar-refractivity contribution in [1.29, 1.82) is 0 Å². The molecule has 2 aliphatic rings. The van der Waals surface area contributed by atoms with Gasteiger partial charge in [0.15, 0.2) is 0 Å². The van der Waals surface area contributed by atoms with Crippen molar-refractivity contribution in [3.63, 3.8) is 0 Å². The van der Waals surface area contributed by atoms with E-state index in [1.54, 1.807) is 0 Å². The maximum Gasteiger partial charge on any atom is 0.236 e. The fourth-order valence-electron chi connectivity index (χ4n) is 4.32. The Morgan fingerprint density at radius 2 is 1.69 bits per heavy atom. The second-order valence-corrected chi connectivity index (χ2v) is 8.19. The largest absolute Gasteiger partial charge is 0.344 e. The highest BCUT2D eigenvalue weighted by Crippen LogP contribution is 2.19. The molecule has 0 bridgehead atoms.